The van der Waals surface area contributed by atoms with E-state index in [0.29, 0.717) is 6.04 Å². The molecule has 6 heteroatoms. The van der Waals surface area contributed by atoms with Gasteiger partial charge in [0.15, 0.2) is 5.96 Å². The molecule has 0 spiro atoms. The maximum Gasteiger partial charge on any atom is 0.193 e. The molecule has 0 aliphatic carbocycles. The number of hydrogen-bond acceptors (Lipinski definition) is 3. The van der Waals surface area contributed by atoms with Crippen molar-refractivity contribution in [2.24, 2.45) is 4.99 Å². The number of nitrogens with one attached hydrogen (secondary N) is 1. The Morgan fingerprint density at radius 1 is 1.16 bits per heavy atom. The van der Waals surface area contributed by atoms with Crippen LogP contribution in [-0.2, 0) is 6.54 Å². The van der Waals surface area contributed by atoms with Gasteiger partial charge in [-0.3, -0.25) is 4.99 Å². The molecule has 0 heterocycles. The summed E-state index contributed by atoms with van der Waals surface area (Å²) in [5.41, 5.74) is 1.30. The summed E-state index contributed by atoms with van der Waals surface area (Å²) in [7, 11) is 6.12. The van der Waals surface area contributed by atoms with E-state index in [1.165, 1.54) is 16.9 Å². The molecule has 0 fully saturated rings. The topological polar surface area (TPSA) is 30.9 Å². The van der Waals surface area contributed by atoms with Crippen LogP contribution in [0.2, 0.25) is 0 Å². The second kappa shape index (κ2) is 13.7. The van der Waals surface area contributed by atoms with E-state index in [1.54, 1.807) is 11.8 Å². The highest BCUT2D eigenvalue weighted by Gasteiger charge is 2.07. The molecule has 1 N–H and O–H groups in total. The first-order valence-electron chi connectivity index (χ1n) is 8.73. The van der Waals surface area contributed by atoms with Crippen molar-refractivity contribution in [2.45, 2.75) is 44.2 Å². The standard InChI is InChI=1S/C19H34N4S.HI/c1-16(2)22(4)14-8-7-13-21-19(20-3)23(5)15-17-9-11-18(24-6)12-10-17;/h9-12,16H,7-8,13-15H2,1-6H3,(H,20,21);1H. The van der Waals surface area contributed by atoms with Gasteiger partial charge in [-0.05, 0) is 64.2 Å². The van der Waals surface area contributed by atoms with Gasteiger partial charge >= 0.3 is 0 Å². The minimum Gasteiger partial charge on any atom is -0.356 e. The van der Waals surface area contributed by atoms with E-state index in [0.717, 1.165) is 32.0 Å². The van der Waals surface area contributed by atoms with Crippen molar-refractivity contribution in [1.82, 2.24) is 15.1 Å². The first-order chi connectivity index (χ1) is 11.5. The zero-order valence-electron chi connectivity index (χ0n) is 16.6. The molecule has 144 valence electrons. The van der Waals surface area contributed by atoms with Gasteiger partial charge in [0.1, 0.15) is 0 Å². The highest BCUT2D eigenvalue weighted by molar-refractivity contribution is 14.0. The molecular weight excluding hydrogens is 443 g/mol. The lowest BCUT2D eigenvalue weighted by atomic mass is 10.2. The first-order valence-corrected chi connectivity index (χ1v) is 9.95. The molecule has 0 atom stereocenters. The van der Waals surface area contributed by atoms with Gasteiger partial charge in [-0.1, -0.05) is 12.1 Å². The summed E-state index contributed by atoms with van der Waals surface area (Å²) in [5, 5.41) is 3.47. The fraction of sp³-hybridized carbons (Fsp3) is 0.632. The van der Waals surface area contributed by atoms with Gasteiger partial charge in [0.25, 0.3) is 0 Å². The Hall–Kier alpha value is -0.470. The van der Waals surface area contributed by atoms with Gasteiger partial charge in [-0.15, -0.1) is 35.7 Å². The highest BCUT2D eigenvalue weighted by atomic mass is 127. The second-order valence-corrected chi connectivity index (χ2v) is 7.34. The molecule has 0 saturated heterocycles. The molecule has 0 aliphatic rings. The summed E-state index contributed by atoms with van der Waals surface area (Å²) >= 11 is 1.77. The summed E-state index contributed by atoms with van der Waals surface area (Å²) in [5.74, 6) is 0.959. The molecule has 0 aliphatic heterocycles. The molecule has 4 nitrogen and oxygen atoms in total. The lowest BCUT2D eigenvalue weighted by Gasteiger charge is -2.23. The van der Waals surface area contributed by atoms with E-state index < -0.39 is 0 Å². The number of rotatable bonds is 9. The number of guanidine groups is 1. The van der Waals surface area contributed by atoms with Crippen LogP contribution in [0.5, 0.6) is 0 Å². The largest absolute Gasteiger partial charge is 0.356 e. The number of benzene rings is 1. The molecule has 1 aromatic carbocycles. The van der Waals surface area contributed by atoms with Crippen molar-refractivity contribution < 1.29 is 0 Å². The minimum atomic E-state index is 0. The smallest absolute Gasteiger partial charge is 0.193 e. The second-order valence-electron chi connectivity index (χ2n) is 6.46. The molecule has 0 unspecified atom stereocenters. The Labute approximate surface area is 175 Å². The molecule has 0 aromatic heterocycles. The number of thioether (sulfide) groups is 1. The third-order valence-corrected chi connectivity index (χ3v) is 5.00. The van der Waals surface area contributed by atoms with Crippen molar-refractivity contribution in [3.63, 3.8) is 0 Å². The maximum absolute atomic E-state index is 4.40. The van der Waals surface area contributed by atoms with Gasteiger partial charge < -0.3 is 15.1 Å². The number of aliphatic imine (C=N–C) groups is 1. The van der Waals surface area contributed by atoms with Gasteiger partial charge in [0.05, 0.1) is 0 Å². The zero-order chi connectivity index (χ0) is 17.9. The van der Waals surface area contributed by atoms with E-state index in [4.69, 9.17) is 0 Å². The van der Waals surface area contributed by atoms with Crippen LogP contribution in [0.3, 0.4) is 0 Å². The molecule has 0 radical (unpaired) electrons. The van der Waals surface area contributed by atoms with Crippen LogP contribution in [0.25, 0.3) is 0 Å². The fourth-order valence-corrected chi connectivity index (χ4v) is 2.82. The van der Waals surface area contributed by atoms with Gasteiger partial charge in [0, 0.05) is 38.1 Å². The molecule has 0 saturated carbocycles. The lowest BCUT2D eigenvalue weighted by molar-refractivity contribution is 0.268. The maximum atomic E-state index is 4.40. The van der Waals surface area contributed by atoms with Crippen LogP contribution >= 0.6 is 35.7 Å². The number of hydrogen-bond donors (Lipinski definition) is 1. The quantitative estimate of drug-likeness (QED) is 0.190. The predicted molar refractivity (Wildman–Crippen MR) is 123 cm³/mol. The van der Waals surface area contributed by atoms with Crippen molar-refractivity contribution in [3.05, 3.63) is 29.8 Å². The van der Waals surface area contributed by atoms with E-state index in [-0.39, 0.29) is 24.0 Å². The van der Waals surface area contributed by atoms with Crippen molar-refractivity contribution in [2.75, 3.05) is 40.5 Å². The monoisotopic (exact) mass is 478 g/mol. The van der Waals surface area contributed by atoms with Gasteiger partial charge in [-0.2, -0.15) is 0 Å². The SMILES string of the molecule is CN=C(NCCCCN(C)C(C)C)N(C)Cc1ccc(SC)cc1.I. The molecule has 0 bridgehead atoms. The lowest BCUT2D eigenvalue weighted by Crippen LogP contribution is -2.39. The first kappa shape index (κ1) is 24.5. The van der Waals surface area contributed by atoms with Gasteiger partial charge in [0.2, 0.25) is 0 Å². The Kier molecular flexibility index (Phi) is 13.4. The van der Waals surface area contributed by atoms with Crippen molar-refractivity contribution in [3.8, 4) is 0 Å². The van der Waals surface area contributed by atoms with Crippen LogP contribution in [0.15, 0.2) is 34.2 Å². The van der Waals surface area contributed by atoms with Crippen molar-refractivity contribution >= 4 is 41.7 Å². The highest BCUT2D eigenvalue weighted by Crippen LogP contribution is 2.15. The Morgan fingerprint density at radius 2 is 1.80 bits per heavy atom. The molecular formula is C19H35IN4S. The minimum absolute atomic E-state index is 0. The third-order valence-electron chi connectivity index (χ3n) is 4.25. The zero-order valence-corrected chi connectivity index (χ0v) is 19.7. The normalized spacial score (nSPS) is 11.6. The van der Waals surface area contributed by atoms with E-state index in [9.17, 15) is 0 Å². The van der Waals surface area contributed by atoms with Crippen molar-refractivity contribution in [1.29, 1.82) is 0 Å². The summed E-state index contributed by atoms with van der Waals surface area (Å²) in [6, 6.07) is 9.36. The number of nitrogens with zero attached hydrogens (tertiary/aromatic N) is 3. The summed E-state index contributed by atoms with van der Waals surface area (Å²) in [6.07, 6.45) is 4.47. The summed E-state index contributed by atoms with van der Waals surface area (Å²) < 4.78 is 0. The predicted octanol–water partition coefficient (Wildman–Crippen LogP) is 4.15. The number of halogens is 1. The average Bonchev–Trinajstić information content (AvgIpc) is 2.58. The van der Waals surface area contributed by atoms with Crippen LogP contribution in [0.4, 0.5) is 0 Å². The van der Waals surface area contributed by atoms with Gasteiger partial charge in [-0.25, -0.2) is 0 Å². The molecule has 0 amide bonds. The summed E-state index contributed by atoms with van der Waals surface area (Å²) in [6.45, 7) is 7.45. The van der Waals surface area contributed by atoms with E-state index in [1.807, 2.05) is 7.05 Å². The molecule has 1 aromatic rings. The van der Waals surface area contributed by atoms with Crippen LogP contribution in [-0.4, -0.2) is 62.3 Å². The number of unbranched alkanes of at least 4 members (excludes halogenated alkanes) is 1. The van der Waals surface area contributed by atoms with Crippen LogP contribution < -0.4 is 5.32 Å². The van der Waals surface area contributed by atoms with Crippen LogP contribution in [0.1, 0.15) is 32.3 Å². The Morgan fingerprint density at radius 3 is 2.32 bits per heavy atom. The molecule has 1 rings (SSSR count). The average molecular weight is 478 g/mol. The molecule has 25 heavy (non-hydrogen) atoms. The van der Waals surface area contributed by atoms with E-state index >= 15 is 0 Å². The van der Waals surface area contributed by atoms with E-state index in [2.05, 4.69) is 78.6 Å². The van der Waals surface area contributed by atoms with Crippen LogP contribution in [0, 0.1) is 0 Å². The fourth-order valence-electron chi connectivity index (χ4n) is 2.41. The third kappa shape index (κ3) is 9.70. The Balaban J connectivity index is 0.00000576. The Bertz CT molecular complexity index is 491. The summed E-state index contributed by atoms with van der Waals surface area (Å²) in [4.78, 5) is 10.3.